The maximum Gasteiger partial charge on any atom is 0.272 e. The number of hydrogen-bond acceptors (Lipinski definition) is 6. The van der Waals surface area contributed by atoms with Gasteiger partial charge in [-0.15, -0.1) is 0 Å². The van der Waals surface area contributed by atoms with Crippen LogP contribution in [0.1, 0.15) is 46.0 Å². The Bertz CT molecular complexity index is 1030. The summed E-state index contributed by atoms with van der Waals surface area (Å²) in [5.41, 5.74) is -0.302. The fourth-order valence-corrected chi connectivity index (χ4v) is 4.86. The van der Waals surface area contributed by atoms with Crippen LogP contribution in [0.25, 0.3) is 0 Å². The minimum atomic E-state index is -4.06. The van der Waals surface area contributed by atoms with Gasteiger partial charge in [0.1, 0.15) is 6.61 Å². The fraction of sp³-hybridized carbons (Fsp3) is 0.545. The molecule has 1 fully saturated rings. The van der Waals surface area contributed by atoms with Gasteiger partial charge < -0.3 is 9.64 Å². The summed E-state index contributed by atoms with van der Waals surface area (Å²) in [7, 11) is -2.24. The number of amides is 2. The van der Waals surface area contributed by atoms with E-state index in [9.17, 15) is 31.2 Å². The smallest absolute Gasteiger partial charge is 0.272 e. The molecule has 1 aliphatic heterocycles. The third kappa shape index (κ3) is 8.64. The van der Waals surface area contributed by atoms with E-state index in [1.54, 1.807) is 20.0 Å². The minimum Gasteiger partial charge on any atom is -0.485 e. The summed E-state index contributed by atoms with van der Waals surface area (Å²) in [6.07, 6.45) is 1.42. The van der Waals surface area contributed by atoms with Crippen LogP contribution in [0.5, 0.6) is 5.75 Å². The number of nitrogens with zero attached hydrogens (tertiary/aromatic N) is 1. The number of ether oxygens (including phenoxy) is 1. The molecule has 0 aromatic heterocycles. The zero-order valence-electron chi connectivity index (χ0n) is 19.4. The van der Waals surface area contributed by atoms with Crippen molar-refractivity contribution in [3.8, 4) is 5.75 Å². The number of hydrogen-bond donors (Lipinski definition) is 2. The van der Waals surface area contributed by atoms with Gasteiger partial charge in [0.15, 0.2) is 11.6 Å². The van der Waals surface area contributed by atoms with E-state index in [4.69, 9.17) is 0 Å². The molecule has 0 radical (unpaired) electrons. The van der Waals surface area contributed by atoms with Crippen molar-refractivity contribution in [2.75, 3.05) is 20.2 Å². The van der Waals surface area contributed by atoms with Crippen LogP contribution in [0.4, 0.5) is 13.2 Å². The first-order chi connectivity index (χ1) is 15.8. The Balaban J connectivity index is 1.89. The van der Waals surface area contributed by atoms with Crippen LogP contribution in [0.2, 0.25) is 0 Å². The topological polar surface area (TPSA) is 105 Å². The van der Waals surface area contributed by atoms with Crippen molar-refractivity contribution in [2.24, 2.45) is 0 Å². The van der Waals surface area contributed by atoms with Crippen molar-refractivity contribution in [2.45, 2.75) is 62.8 Å². The monoisotopic (exact) mass is 505 g/mol. The number of nitrogens with one attached hydrogen (secondary N) is 2. The Morgan fingerprint density at radius 2 is 1.94 bits per heavy atom. The highest BCUT2D eigenvalue weighted by molar-refractivity contribution is 7.89. The first-order valence-electron chi connectivity index (χ1n) is 10.8. The number of piperidine rings is 1. The number of carbonyl (C=O) groups excluding carboxylic acids is 2. The van der Waals surface area contributed by atoms with Crippen LogP contribution in [-0.2, 0) is 19.6 Å². The Morgan fingerprint density at radius 3 is 2.59 bits per heavy atom. The number of unbranched alkanes of at least 4 members (excludes halogenated alkanes) is 1. The molecule has 1 aliphatic rings. The van der Waals surface area contributed by atoms with Crippen molar-refractivity contribution in [1.29, 1.82) is 0 Å². The average molecular weight is 506 g/mol. The summed E-state index contributed by atoms with van der Waals surface area (Å²) in [5.74, 6) is -2.17. The van der Waals surface area contributed by atoms with Crippen LogP contribution in [0.15, 0.2) is 34.9 Å². The van der Waals surface area contributed by atoms with Crippen molar-refractivity contribution in [1.82, 2.24) is 14.9 Å². The first kappa shape index (κ1) is 27.6. The lowest BCUT2D eigenvalue weighted by Gasteiger charge is -2.26. The van der Waals surface area contributed by atoms with Gasteiger partial charge in [0.2, 0.25) is 15.9 Å². The number of halogens is 3. The molecule has 190 valence electrons. The third-order valence-electron chi connectivity index (χ3n) is 5.09. The van der Waals surface area contributed by atoms with Gasteiger partial charge in [0.25, 0.3) is 12.3 Å². The number of imide groups is 1. The number of sulfonamides is 1. The molecule has 1 heterocycles. The van der Waals surface area contributed by atoms with E-state index in [-0.39, 0.29) is 23.1 Å². The normalized spacial score (nSPS) is 16.1. The van der Waals surface area contributed by atoms with Gasteiger partial charge in [-0.2, -0.15) is 0 Å². The van der Waals surface area contributed by atoms with Gasteiger partial charge in [0.05, 0.1) is 4.90 Å². The molecular formula is C22H30F3N3O5S. The second-order valence-corrected chi connectivity index (χ2v) is 10.4. The maximum absolute atomic E-state index is 13.8. The van der Waals surface area contributed by atoms with E-state index in [0.29, 0.717) is 37.8 Å². The van der Waals surface area contributed by atoms with Crippen molar-refractivity contribution >= 4 is 21.8 Å². The summed E-state index contributed by atoms with van der Waals surface area (Å²) in [5, 5.41) is 2.28. The predicted octanol–water partition coefficient (Wildman–Crippen LogP) is 2.95. The molecule has 2 rings (SSSR count). The molecule has 0 unspecified atom stereocenters. The Labute approximate surface area is 197 Å². The van der Waals surface area contributed by atoms with Gasteiger partial charge in [-0.05, 0) is 51.7 Å². The zero-order chi connectivity index (χ0) is 25.5. The molecule has 1 aromatic rings. The molecule has 8 nitrogen and oxygen atoms in total. The number of alkyl halides is 2. The quantitative estimate of drug-likeness (QED) is 0.257. The standard InChI is InChI=1S/C22H30F3N3O5S/c1-22(2,10-4-5-11-28(3)13-15-6-9-20(29)26-21(15)30)27-34(31,32)16-7-8-17(23)18(12-16)33-14-19(24)25/h7-8,12-13,19,27H,4-6,9-11,14H2,1-3H3,(H,26,29,30)/b15-13-. The Hall–Kier alpha value is -2.60. The van der Waals surface area contributed by atoms with Gasteiger partial charge in [-0.1, -0.05) is 0 Å². The molecule has 12 heteroatoms. The number of benzene rings is 1. The SMILES string of the molecule is CN(/C=C1/CCC(=O)NC1=O)CCCCC(C)(C)NS(=O)(=O)c1ccc(F)c(OCC(F)F)c1. The van der Waals surface area contributed by atoms with E-state index < -0.39 is 40.2 Å². The van der Waals surface area contributed by atoms with E-state index in [2.05, 4.69) is 14.8 Å². The lowest BCUT2D eigenvalue weighted by atomic mass is 9.99. The van der Waals surface area contributed by atoms with E-state index >= 15 is 0 Å². The minimum absolute atomic E-state index is 0.271. The summed E-state index contributed by atoms with van der Waals surface area (Å²) in [6.45, 7) is 2.98. The fourth-order valence-electron chi connectivity index (χ4n) is 3.40. The van der Waals surface area contributed by atoms with Crippen molar-refractivity contribution in [3.63, 3.8) is 0 Å². The second-order valence-electron chi connectivity index (χ2n) is 8.75. The largest absolute Gasteiger partial charge is 0.485 e. The van der Waals surface area contributed by atoms with Gasteiger partial charge in [-0.3, -0.25) is 14.9 Å². The maximum atomic E-state index is 13.8. The molecule has 0 bridgehead atoms. The van der Waals surface area contributed by atoms with Crippen LogP contribution in [-0.4, -0.2) is 57.3 Å². The van der Waals surface area contributed by atoms with E-state index in [1.807, 2.05) is 11.9 Å². The van der Waals surface area contributed by atoms with Crippen LogP contribution < -0.4 is 14.8 Å². The van der Waals surface area contributed by atoms with Gasteiger partial charge in [-0.25, -0.2) is 26.3 Å². The lowest BCUT2D eigenvalue weighted by molar-refractivity contribution is -0.130. The molecule has 2 N–H and O–H groups in total. The third-order valence-corrected chi connectivity index (χ3v) is 6.79. The van der Waals surface area contributed by atoms with Gasteiger partial charge in [0, 0.05) is 43.4 Å². The van der Waals surface area contributed by atoms with E-state index in [0.717, 1.165) is 18.2 Å². The highest BCUT2D eigenvalue weighted by atomic mass is 32.2. The highest BCUT2D eigenvalue weighted by Gasteiger charge is 2.27. The molecule has 1 saturated heterocycles. The zero-order valence-corrected chi connectivity index (χ0v) is 20.2. The average Bonchev–Trinajstić information content (AvgIpc) is 2.71. The van der Waals surface area contributed by atoms with Crippen LogP contribution >= 0.6 is 0 Å². The molecule has 1 aromatic carbocycles. The molecule has 0 atom stereocenters. The predicted molar refractivity (Wildman–Crippen MR) is 119 cm³/mol. The van der Waals surface area contributed by atoms with Gasteiger partial charge >= 0.3 is 0 Å². The summed E-state index contributed by atoms with van der Waals surface area (Å²) >= 11 is 0. The lowest BCUT2D eigenvalue weighted by Crippen LogP contribution is -2.43. The van der Waals surface area contributed by atoms with Crippen LogP contribution in [0.3, 0.4) is 0 Å². The summed E-state index contributed by atoms with van der Waals surface area (Å²) in [6, 6.07) is 2.78. The van der Waals surface area contributed by atoms with Crippen molar-refractivity contribution in [3.05, 3.63) is 35.8 Å². The molecular weight excluding hydrogens is 475 g/mol. The number of carbonyl (C=O) groups is 2. The first-order valence-corrected chi connectivity index (χ1v) is 12.3. The van der Waals surface area contributed by atoms with Crippen LogP contribution in [0, 0.1) is 5.82 Å². The number of rotatable bonds is 12. The molecule has 0 aliphatic carbocycles. The summed E-state index contributed by atoms with van der Waals surface area (Å²) < 4.78 is 71.2. The molecule has 2 amide bonds. The highest BCUT2D eigenvalue weighted by Crippen LogP contribution is 2.24. The molecule has 0 saturated carbocycles. The molecule has 0 spiro atoms. The molecule has 34 heavy (non-hydrogen) atoms. The van der Waals surface area contributed by atoms with Crippen molar-refractivity contribution < 1.29 is 35.9 Å². The Morgan fingerprint density at radius 1 is 1.24 bits per heavy atom. The summed E-state index contributed by atoms with van der Waals surface area (Å²) in [4.78, 5) is 24.6. The second kappa shape index (κ2) is 11.7. The Kier molecular flexibility index (Phi) is 9.51. The van der Waals surface area contributed by atoms with E-state index in [1.165, 1.54) is 0 Å².